The summed E-state index contributed by atoms with van der Waals surface area (Å²) in [5.74, 6) is 0.246. The fourth-order valence-corrected chi connectivity index (χ4v) is 1.84. The Kier molecular flexibility index (Phi) is 4.49. The van der Waals surface area contributed by atoms with Gasteiger partial charge in [0.15, 0.2) is 0 Å². The van der Waals surface area contributed by atoms with Crippen LogP contribution in [0.15, 0.2) is 30.5 Å². The minimum Gasteiger partial charge on any atom is -0.496 e. The Morgan fingerprint density at radius 2 is 1.71 bits per heavy atom. The molecule has 110 valence electrons. The Morgan fingerprint density at radius 3 is 2.24 bits per heavy atom. The van der Waals surface area contributed by atoms with Crippen LogP contribution in [-0.2, 0) is 0 Å². The number of halogens is 1. The maximum Gasteiger partial charge on any atom is 0.337 e. The molecule has 0 saturated heterocycles. The summed E-state index contributed by atoms with van der Waals surface area (Å²) in [7, 11) is 3.02. The minimum atomic E-state index is -1.16. The molecule has 0 saturated carbocycles. The van der Waals surface area contributed by atoms with Crippen LogP contribution in [0.1, 0.15) is 10.4 Å². The quantitative estimate of drug-likeness (QED) is 0.913. The summed E-state index contributed by atoms with van der Waals surface area (Å²) in [6.07, 6.45) is 1.31. The fraction of sp³-hybridized carbons (Fsp3) is 0.143. The molecule has 0 aliphatic heterocycles. The van der Waals surface area contributed by atoms with Crippen LogP contribution in [0.5, 0.6) is 23.1 Å². The van der Waals surface area contributed by atoms with Gasteiger partial charge in [0.25, 0.3) is 0 Å². The van der Waals surface area contributed by atoms with Crippen molar-refractivity contribution in [2.24, 2.45) is 0 Å². The molecule has 0 aliphatic carbocycles. The maximum absolute atomic E-state index is 11.0. The first-order valence-corrected chi connectivity index (χ1v) is 6.21. The van der Waals surface area contributed by atoms with E-state index in [9.17, 15) is 4.79 Å². The molecular formula is C14H12ClNO5. The van der Waals surface area contributed by atoms with Crippen molar-refractivity contribution < 1.29 is 24.1 Å². The molecule has 7 heteroatoms. The zero-order valence-corrected chi connectivity index (χ0v) is 12.0. The molecular weight excluding hydrogens is 298 g/mol. The van der Waals surface area contributed by atoms with E-state index in [4.69, 9.17) is 30.9 Å². The van der Waals surface area contributed by atoms with E-state index in [0.29, 0.717) is 17.2 Å². The second-order valence-electron chi connectivity index (χ2n) is 3.93. The molecule has 21 heavy (non-hydrogen) atoms. The zero-order valence-electron chi connectivity index (χ0n) is 11.3. The van der Waals surface area contributed by atoms with Crippen LogP contribution in [0.2, 0.25) is 5.02 Å². The van der Waals surface area contributed by atoms with Gasteiger partial charge in [0, 0.05) is 24.4 Å². The van der Waals surface area contributed by atoms with Crippen molar-refractivity contribution >= 4 is 17.6 Å². The number of carbonyl (C=O) groups is 1. The number of aromatic nitrogens is 1. The van der Waals surface area contributed by atoms with Crippen LogP contribution in [0.3, 0.4) is 0 Å². The van der Waals surface area contributed by atoms with Crippen LogP contribution in [0.4, 0.5) is 0 Å². The van der Waals surface area contributed by atoms with Crippen LogP contribution < -0.4 is 14.2 Å². The first-order chi connectivity index (χ1) is 10.0. The normalized spacial score (nSPS) is 10.0. The topological polar surface area (TPSA) is 77.9 Å². The Morgan fingerprint density at radius 1 is 1.14 bits per heavy atom. The summed E-state index contributed by atoms with van der Waals surface area (Å²) < 4.78 is 15.8. The molecule has 2 aromatic rings. The van der Waals surface area contributed by atoms with Crippen LogP contribution in [0, 0.1) is 0 Å². The lowest BCUT2D eigenvalue weighted by molar-refractivity contribution is 0.0696. The molecule has 6 nitrogen and oxygen atoms in total. The van der Waals surface area contributed by atoms with Gasteiger partial charge in [0.2, 0.25) is 5.88 Å². The zero-order chi connectivity index (χ0) is 15.4. The second kappa shape index (κ2) is 6.32. The molecule has 1 aromatic heterocycles. The predicted molar refractivity (Wildman–Crippen MR) is 75.8 cm³/mol. The number of hydrogen-bond donors (Lipinski definition) is 1. The molecule has 0 radical (unpaired) electrons. The summed E-state index contributed by atoms with van der Waals surface area (Å²) >= 11 is 5.97. The highest BCUT2D eigenvalue weighted by Crippen LogP contribution is 2.34. The van der Waals surface area contributed by atoms with E-state index in [1.54, 1.807) is 18.2 Å². The third-order valence-electron chi connectivity index (χ3n) is 2.63. The molecule has 1 aromatic carbocycles. The highest BCUT2D eigenvalue weighted by molar-refractivity contribution is 6.34. The summed E-state index contributed by atoms with van der Waals surface area (Å²) in [6.45, 7) is 0. The number of benzene rings is 1. The van der Waals surface area contributed by atoms with Crippen molar-refractivity contribution in [1.29, 1.82) is 0 Å². The first-order valence-electron chi connectivity index (χ1n) is 5.84. The van der Waals surface area contributed by atoms with Crippen molar-refractivity contribution in [2.75, 3.05) is 14.2 Å². The summed E-state index contributed by atoms with van der Waals surface area (Å²) in [5.41, 5.74) is -0.0865. The molecule has 0 fully saturated rings. The smallest absolute Gasteiger partial charge is 0.337 e. The van der Waals surface area contributed by atoms with E-state index in [0.717, 1.165) is 0 Å². The Labute approximate surface area is 125 Å². The minimum absolute atomic E-state index is 0.00753. The van der Waals surface area contributed by atoms with Crippen LogP contribution in [-0.4, -0.2) is 30.3 Å². The summed E-state index contributed by atoms with van der Waals surface area (Å²) in [6, 6.07) is 6.18. The van der Waals surface area contributed by atoms with Gasteiger partial charge in [-0.25, -0.2) is 9.78 Å². The van der Waals surface area contributed by atoms with Crippen LogP contribution >= 0.6 is 11.6 Å². The van der Waals surface area contributed by atoms with E-state index in [1.165, 1.54) is 26.5 Å². The molecule has 1 N–H and O–H groups in total. The Balaban J connectivity index is 2.38. The number of aromatic carboxylic acids is 1. The second-order valence-corrected chi connectivity index (χ2v) is 4.31. The fourth-order valence-electron chi connectivity index (χ4n) is 1.61. The number of rotatable bonds is 5. The number of methoxy groups -OCH3 is 2. The lowest BCUT2D eigenvalue weighted by Gasteiger charge is -2.10. The average Bonchev–Trinajstić information content (AvgIpc) is 2.48. The van der Waals surface area contributed by atoms with Crippen molar-refractivity contribution in [3.05, 3.63) is 41.0 Å². The predicted octanol–water partition coefficient (Wildman–Crippen LogP) is 3.24. The molecule has 0 aliphatic rings. The molecule has 0 bridgehead atoms. The highest BCUT2D eigenvalue weighted by Gasteiger charge is 2.15. The van der Waals surface area contributed by atoms with Gasteiger partial charge < -0.3 is 19.3 Å². The first kappa shape index (κ1) is 14.9. The molecule has 0 amide bonds. The van der Waals surface area contributed by atoms with Gasteiger partial charge >= 0.3 is 5.97 Å². The third-order valence-corrected chi connectivity index (χ3v) is 2.99. The Hall–Kier alpha value is -2.47. The maximum atomic E-state index is 11.0. The van der Waals surface area contributed by atoms with Gasteiger partial charge in [0.1, 0.15) is 22.3 Å². The van der Waals surface area contributed by atoms with Gasteiger partial charge in [-0.3, -0.25) is 0 Å². The molecule has 0 unspecified atom stereocenters. The van der Waals surface area contributed by atoms with Crippen LogP contribution in [0.25, 0.3) is 0 Å². The number of carboxylic acids is 1. The largest absolute Gasteiger partial charge is 0.496 e. The number of ether oxygens (including phenoxy) is 3. The highest BCUT2D eigenvalue weighted by atomic mass is 35.5. The number of nitrogens with zero attached hydrogens (tertiary/aromatic N) is 1. The van der Waals surface area contributed by atoms with Crippen molar-refractivity contribution in [2.45, 2.75) is 0 Å². The summed E-state index contributed by atoms with van der Waals surface area (Å²) in [4.78, 5) is 14.9. The Bertz CT molecular complexity index is 652. The van der Waals surface area contributed by atoms with E-state index in [-0.39, 0.29) is 16.5 Å². The average molecular weight is 310 g/mol. The number of carboxylic acid groups (broad SMARTS) is 1. The summed E-state index contributed by atoms with van der Waals surface area (Å²) in [5, 5.41) is 8.94. The molecule has 2 rings (SSSR count). The van der Waals surface area contributed by atoms with Gasteiger partial charge in [0.05, 0.1) is 19.8 Å². The molecule has 0 spiro atoms. The van der Waals surface area contributed by atoms with Gasteiger partial charge in [-0.2, -0.15) is 0 Å². The number of hydrogen-bond acceptors (Lipinski definition) is 5. The van der Waals surface area contributed by atoms with Crippen molar-refractivity contribution in [3.63, 3.8) is 0 Å². The third kappa shape index (κ3) is 3.35. The lowest BCUT2D eigenvalue weighted by atomic mass is 10.2. The van der Waals surface area contributed by atoms with E-state index in [2.05, 4.69) is 4.98 Å². The van der Waals surface area contributed by atoms with Gasteiger partial charge in [-0.05, 0) is 6.07 Å². The van der Waals surface area contributed by atoms with E-state index in [1.807, 2.05) is 0 Å². The van der Waals surface area contributed by atoms with E-state index < -0.39 is 5.97 Å². The molecule has 0 atom stereocenters. The van der Waals surface area contributed by atoms with E-state index >= 15 is 0 Å². The number of pyridine rings is 1. The van der Waals surface area contributed by atoms with Crippen molar-refractivity contribution in [3.8, 4) is 23.1 Å². The molecule has 1 heterocycles. The van der Waals surface area contributed by atoms with Gasteiger partial charge in [-0.15, -0.1) is 0 Å². The monoisotopic (exact) mass is 309 g/mol. The SMILES string of the molecule is COc1cc(OC)cc(Oc2nccc(C(=O)O)c2Cl)c1. The van der Waals surface area contributed by atoms with Gasteiger partial charge in [-0.1, -0.05) is 11.6 Å². The lowest BCUT2D eigenvalue weighted by Crippen LogP contribution is -2.00. The standard InChI is InChI=1S/C14H12ClNO5/c1-19-8-5-9(20-2)7-10(6-8)21-13-12(15)11(14(17)18)3-4-16-13/h3-7H,1-2H3,(H,17,18). The van der Waals surface area contributed by atoms with Crippen molar-refractivity contribution in [1.82, 2.24) is 4.98 Å².